The molecule has 0 aliphatic carbocycles. The van der Waals surface area contributed by atoms with Gasteiger partial charge in [-0.1, -0.05) is 5.16 Å². The second kappa shape index (κ2) is 4.61. The van der Waals surface area contributed by atoms with Crippen molar-refractivity contribution in [3.05, 3.63) is 41.3 Å². The lowest BCUT2D eigenvalue weighted by Gasteiger charge is -2.03. The molecule has 2 rings (SSSR count). The van der Waals surface area contributed by atoms with Crippen molar-refractivity contribution >= 4 is 0 Å². The van der Waals surface area contributed by atoms with Crippen molar-refractivity contribution < 1.29 is 13.7 Å². The number of aromatic nitrogens is 2. The van der Waals surface area contributed by atoms with Crippen LogP contribution < -0.4 is 4.74 Å². The van der Waals surface area contributed by atoms with Gasteiger partial charge in [-0.15, -0.1) is 0 Å². The summed E-state index contributed by atoms with van der Waals surface area (Å²) in [5, 5.41) is 12.2. The topological polar surface area (TPSA) is 71.9 Å². The Kier molecular flexibility index (Phi) is 3.01. The molecule has 86 valence electrons. The lowest BCUT2D eigenvalue weighted by molar-refractivity contribution is 0.284. The highest BCUT2D eigenvalue weighted by Crippen LogP contribution is 2.16. The molecule has 1 heterocycles. The van der Waals surface area contributed by atoms with Crippen LogP contribution in [0.2, 0.25) is 0 Å². The summed E-state index contributed by atoms with van der Waals surface area (Å²) in [6.07, 6.45) is 0. The van der Waals surface area contributed by atoms with E-state index in [9.17, 15) is 4.39 Å². The van der Waals surface area contributed by atoms with Crippen LogP contribution >= 0.6 is 0 Å². The normalized spacial score (nSPS) is 9.94. The van der Waals surface area contributed by atoms with Crippen LogP contribution in [0, 0.1) is 24.1 Å². The maximum absolute atomic E-state index is 13.2. The zero-order valence-corrected chi connectivity index (χ0v) is 8.98. The molecule has 0 atom stereocenters. The largest absolute Gasteiger partial charge is 0.485 e. The highest BCUT2D eigenvalue weighted by molar-refractivity contribution is 5.36. The van der Waals surface area contributed by atoms with Crippen LogP contribution in [-0.4, -0.2) is 10.1 Å². The van der Waals surface area contributed by atoms with E-state index in [2.05, 4.69) is 10.1 Å². The van der Waals surface area contributed by atoms with Gasteiger partial charge in [-0.3, -0.25) is 0 Å². The maximum Gasteiger partial charge on any atom is 0.223 e. The third-order valence-corrected chi connectivity index (χ3v) is 2.00. The standard InChI is InChI=1S/C11H8FN3O2/c1-7-14-11(15-17-7)6-16-9-3-2-8(5-13)10(12)4-9/h2-4H,6H2,1H3. The van der Waals surface area contributed by atoms with Gasteiger partial charge >= 0.3 is 0 Å². The van der Waals surface area contributed by atoms with Gasteiger partial charge in [-0.05, 0) is 12.1 Å². The third-order valence-electron chi connectivity index (χ3n) is 2.00. The average molecular weight is 233 g/mol. The van der Waals surface area contributed by atoms with Gasteiger partial charge in [0.2, 0.25) is 11.7 Å². The second-order valence-electron chi connectivity index (χ2n) is 3.27. The fraction of sp³-hybridized carbons (Fsp3) is 0.182. The first-order valence-electron chi connectivity index (χ1n) is 4.80. The van der Waals surface area contributed by atoms with Gasteiger partial charge in [0.15, 0.2) is 6.61 Å². The van der Waals surface area contributed by atoms with E-state index in [0.29, 0.717) is 17.5 Å². The summed E-state index contributed by atoms with van der Waals surface area (Å²) < 4.78 is 23.2. The van der Waals surface area contributed by atoms with Gasteiger partial charge in [-0.25, -0.2) is 4.39 Å². The predicted octanol–water partition coefficient (Wildman–Crippen LogP) is 1.97. The Bertz CT molecular complexity index is 574. The summed E-state index contributed by atoms with van der Waals surface area (Å²) in [5.41, 5.74) is -0.0206. The van der Waals surface area contributed by atoms with E-state index in [1.807, 2.05) is 0 Å². The minimum absolute atomic E-state index is 0.0206. The van der Waals surface area contributed by atoms with Crippen molar-refractivity contribution in [1.29, 1.82) is 5.26 Å². The summed E-state index contributed by atoms with van der Waals surface area (Å²) in [6, 6.07) is 5.74. The fourth-order valence-corrected chi connectivity index (χ4v) is 1.22. The number of halogens is 1. The van der Waals surface area contributed by atoms with Gasteiger partial charge in [0.25, 0.3) is 0 Å². The van der Waals surface area contributed by atoms with Crippen LogP contribution in [0.15, 0.2) is 22.7 Å². The average Bonchev–Trinajstić information content (AvgIpc) is 2.73. The number of ether oxygens (including phenoxy) is 1. The number of hydrogen-bond donors (Lipinski definition) is 0. The number of hydrogen-bond acceptors (Lipinski definition) is 5. The second-order valence-corrected chi connectivity index (χ2v) is 3.27. The van der Waals surface area contributed by atoms with Crippen LogP contribution in [0.3, 0.4) is 0 Å². The molecule has 0 radical (unpaired) electrons. The van der Waals surface area contributed by atoms with E-state index in [-0.39, 0.29) is 12.2 Å². The Morgan fingerprint density at radius 1 is 1.53 bits per heavy atom. The molecular weight excluding hydrogens is 225 g/mol. The minimum atomic E-state index is -0.616. The molecule has 0 N–H and O–H groups in total. The Balaban J connectivity index is 2.05. The molecule has 6 heteroatoms. The predicted molar refractivity (Wildman–Crippen MR) is 54.5 cm³/mol. The fourth-order valence-electron chi connectivity index (χ4n) is 1.22. The van der Waals surface area contributed by atoms with Gasteiger partial charge in [0, 0.05) is 13.0 Å². The van der Waals surface area contributed by atoms with E-state index in [1.54, 1.807) is 13.0 Å². The van der Waals surface area contributed by atoms with Gasteiger partial charge < -0.3 is 9.26 Å². The van der Waals surface area contributed by atoms with Crippen molar-refractivity contribution in [2.45, 2.75) is 13.5 Å². The van der Waals surface area contributed by atoms with E-state index >= 15 is 0 Å². The van der Waals surface area contributed by atoms with E-state index in [4.69, 9.17) is 14.5 Å². The van der Waals surface area contributed by atoms with Crippen molar-refractivity contribution in [2.24, 2.45) is 0 Å². The first kappa shape index (κ1) is 11.1. The quantitative estimate of drug-likeness (QED) is 0.810. The van der Waals surface area contributed by atoms with Crippen molar-refractivity contribution in [3.8, 4) is 11.8 Å². The number of nitrogens with zero attached hydrogens (tertiary/aromatic N) is 3. The minimum Gasteiger partial charge on any atom is -0.485 e. The lowest BCUT2D eigenvalue weighted by Crippen LogP contribution is -1.98. The first-order valence-corrected chi connectivity index (χ1v) is 4.80. The summed E-state index contributed by atoms with van der Waals surface area (Å²) in [5.74, 6) is 0.514. The van der Waals surface area contributed by atoms with Crippen LogP contribution in [-0.2, 0) is 6.61 Å². The molecule has 0 bridgehead atoms. The Morgan fingerprint density at radius 2 is 2.35 bits per heavy atom. The monoisotopic (exact) mass is 233 g/mol. The number of aryl methyl sites for hydroxylation is 1. The molecular formula is C11H8FN3O2. The van der Waals surface area contributed by atoms with E-state index < -0.39 is 5.82 Å². The maximum atomic E-state index is 13.2. The zero-order valence-electron chi connectivity index (χ0n) is 8.98. The molecule has 0 amide bonds. The molecule has 0 fully saturated rings. The zero-order chi connectivity index (χ0) is 12.3. The van der Waals surface area contributed by atoms with Gasteiger partial charge in [0.05, 0.1) is 5.56 Å². The van der Waals surface area contributed by atoms with Crippen molar-refractivity contribution in [2.75, 3.05) is 0 Å². The molecule has 0 aliphatic rings. The smallest absolute Gasteiger partial charge is 0.223 e. The number of benzene rings is 1. The highest BCUT2D eigenvalue weighted by atomic mass is 19.1. The van der Waals surface area contributed by atoms with E-state index in [0.717, 1.165) is 6.07 Å². The molecule has 0 saturated heterocycles. The molecule has 0 spiro atoms. The Labute approximate surface area is 96.4 Å². The first-order chi connectivity index (χ1) is 8.19. The summed E-state index contributed by atoms with van der Waals surface area (Å²) in [6.45, 7) is 1.75. The van der Waals surface area contributed by atoms with Crippen LogP contribution in [0.25, 0.3) is 0 Å². The number of rotatable bonds is 3. The molecule has 0 aliphatic heterocycles. The van der Waals surface area contributed by atoms with Gasteiger partial charge in [0.1, 0.15) is 17.6 Å². The summed E-state index contributed by atoms with van der Waals surface area (Å²) in [4.78, 5) is 3.93. The van der Waals surface area contributed by atoms with E-state index in [1.165, 1.54) is 12.1 Å². The third kappa shape index (κ3) is 2.58. The molecule has 0 unspecified atom stereocenters. The Morgan fingerprint density at radius 3 is 2.94 bits per heavy atom. The lowest BCUT2D eigenvalue weighted by atomic mass is 10.2. The van der Waals surface area contributed by atoms with Crippen molar-refractivity contribution in [1.82, 2.24) is 10.1 Å². The molecule has 1 aromatic heterocycles. The highest BCUT2D eigenvalue weighted by Gasteiger charge is 2.06. The molecule has 1 aromatic carbocycles. The molecule has 0 saturated carbocycles. The molecule has 5 nitrogen and oxygen atoms in total. The van der Waals surface area contributed by atoms with Crippen LogP contribution in [0.4, 0.5) is 4.39 Å². The molecule has 2 aromatic rings. The summed E-state index contributed by atoms with van der Waals surface area (Å²) >= 11 is 0. The summed E-state index contributed by atoms with van der Waals surface area (Å²) in [7, 11) is 0. The van der Waals surface area contributed by atoms with Crippen LogP contribution in [0.5, 0.6) is 5.75 Å². The SMILES string of the molecule is Cc1nc(COc2ccc(C#N)c(F)c2)no1. The van der Waals surface area contributed by atoms with Crippen LogP contribution in [0.1, 0.15) is 17.3 Å². The Hall–Kier alpha value is -2.42. The number of nitriles is 1. The van der Waals surface area contributed by atoms with Gasteiger partial charge in [-0.2, -0.15) is 10.2 Å². The molecule has 17 heavy (non-hydrogen) atoms. The van der Waals surface area contributed by atoms with Crippen molar-refractivity contribution in [3.63, 3.8) is 0 Å².